The molecule has 5 heteroatoms. The monoisotopic (exact) mass is 317 g/mol. The van der Waals surface area contributed by atoms with Gasteiger partial charge in [0.05, 0.1) is 17.0 Å². The summed E-state index contributed by atoms with van der Waals surface area (Å²) < 4.78 is 0. The van der Waals surface area contributed by atoms with E-state index in [0.29, 0.717) is 17.7 Å². The quantitative estimate of drug-likeness (QED) is 0.790. The fourth-order valence-electron chi connectivity index (χ4n) is 2.40. The van der Waals surface area contributed by atoms with Crippen LogP contribution in [0.3, 0.4) is 0 Å². The molecule has 1 heterocycles. The van der Waals surface area contributed by atoms with Crippen molar-refractivity contribution in [3.05, 3.63) is 47.3 Å². The van der Waals surface area contributed by atoms with E-state index in [1.807, 2.05) is 37.2 Å². The predicted molar refractivity (Wildman–Crippen MR) is 92.8 cm³/mol. The van der Waals surface area contributed by atoms with Gasteiger partial charge in [-0.25, -0.2) is 0 Å². The lowest BCUT2D eigenvalue weighted by Crippen LogP contribution is -2.38. The summed E-state index contributed by atoms with van der Waals surface area (Å²) in [6.07, 6.45) is 5.15. The van der Waals surface area contributed by atoms with Gasteiger partial charge in [0.2, 0.25) is 0 Å². The maximum absolute atomic E-state index is 12.5. The third-order valence-electron chi connectivity index (χ3n) is 3.56. The highest BCUT2D eigenvalue weighted by Gasteiger charge is 2.23. The van der Waals surface area contributed by atoms with Crippen molar-refractivity contribution in [2.24, 2.45) is 5.73 Å². The Kier molecular flexibility index (Phi) is 5.55. The number of rotatable bonds is 6. The minimum Gasteiger partial charge on any atom is -0.397 e. The minimum atomic E-state index is 0.0865. The zero-order valence-corrected chi connectivity index (χ0v) is 14.2. The van der Waals surface area contributed by atoms with Crippen LogP contribution in [0.1, 0.15) is 32.3 Å². The normalized spacial score (nSPS) is 14.7. The number of ketones is 1. The fourth-order valence-corrected chi connectivity index (χ4v) is 2.81. The minimum absolute atomic E-state index is 0.0865. The summed E-state index contributed by atoms with van der Waals surface area (Å²) in [5, 5.41) is 1.90. The van der Waals surface area contributed by atoms with E-state index in [-0.39, 0.29) is 5.78 Å². The van der Waals surface area contributed by atoms with Crippen molar-refractivity contribution in [3.8, 4) is 0 Å². The van der Waals surface area contributed by atoms with Gasteiger partial charge in [-0.2, -0.15) is 0 Å². The van der Waals surface area contributed by atoms with Gasteiger partial charge in [0.15, 0.2) is 5.78 Å². The summed E-state index contributed by atoms with van der Waals surface area (Å²) in [6, 6.07) is 8.17. The number of hydrogen-bond donors (Lipinski definition) is 2. The number of carbonyl (C=O) groups excluding carboxylic acids is 1. The summed E-state index contributed by atoms with van der Waals surface area (Å²) in [5.74, 6) is 0.0865. The van der Waals surface area contributed by atoms with Crippen LogP contribution in [0.15, 0.2) is 46.6 Å². The first-order valence-corrected chi connectivity index (χ1v) is 8.76. The molecule has 0 aliphatic carbocycles. The molecule has 0 saturated carbocycles. The molecule has 118 valence electrons. The van der Waals surface area contributed by atoms with Crippen LogP contribution in [-0.4, -0.2) is 23.6 Å². The largest absolute Gasteiger partial charge is 0.397 e. The molecule has 0 atom stereocenters. The van der Waals surface area contributed by atoms with Gasteiger partial charge in [-0.3, -0.25) is 15.2 Å². The molecule has 3 N–H and O–H groups in total. The summed E-state index contributed by atoms with van der Waals surface area (Å²) in [7, 11) is 0. The van der Waals surface area contributed by atoms with E-state index in [1.165, 1.54) is 4.90 Å². The Hall–Kier alpha value is -1.88. The molecule has 0 fully saturated rings. The van der Waals surface area contributed by atoms with E-state index < -0.39 is 0 Å². The van der Waals surface area contributed by atoms with Gasteiger partial charge in [0.1, 0.15) is 0 Å². The molecule has 0 aromatic heterocycles. The molecule has 0 bridgehead atoms. The van der Waals surface area contributed by atoms with Gasteiger partial charge in [0, 0.05) is 29.6 Å². The number of thioether (sulfide) groups is 1. The van der Waals surface area contributed by atoms with Crippen LogP contribution in [0, 0.1) is 0 Å². The second-order valence-corrected chi connectivity index (χ2v) is 6.01. The third kappa shape index (κ3) is 3.47. The van der Waals surface area contributed by atoms with Crippen molar-refractivity contribution in [2.45, 2.75) is 31.6 Å². The Morgan fingerprint density at radius 1 is 1.27 bits per heavy atom. The molecule has 0 saturated heterocycles. The first kappa shape index (κ1) is 16.5. The Morgan fingerprint density at radius 2 is 1.95 bits per heavy atom. The Bertz CT molecular complexity index is 605. The van der Waals surface area contributed by atoms with Gasteiger partial charge in [-0.1, -0.05) is 19.1 Å². The molecule has 1 aliphatic heterocycles. The molecule has 4 nitrogen and oxygen atoms in total. The standard InChI is InChI=1S/C17H23N3OS/c1-4-6-15(21)16-14(18)11-20(5-2)19-17(16)12-7-9-13(22-3)10-8-12/h7-11,19H,4-6,18H2,1-3H3. The van der Waals surface area contributed by atoms with Crippen LogP contribution >= 0.6 is 11.8 Å². The van der Waals surface area contributed by atoms with Crippen molar-refractivity contribution in [1.29, 1.82) is 0 Å². The Labute approximate surface area is 136 Å². The van der Waals surface area contributed by atoms with Gasteiger partial charge in [-0.15, -0.1) is 11.8 Å². The summed E-state index contributed by atoms with van der Waals surface area (Å²) in [5.41, 5.74) is 12.4. The molecule has 22 heavy (non-hydrogen) atoms. The molecule has 2 rings (SSSR count). The van der Waals surface area contributed by atoms with Gasteiger partial charge < -0.3 is 5.73 Å². The number of hydrazine groups is 1. The summed E-state index contributed by atoms with van der Waals surface area (Å²) in [6.45, 7) is 4.80. The molecular weight excluding hydrogens is 294 g/mol. The molecule has 0 amide bonds. The van der Waals surface area contributed by atoms with Gasteiger partial charge >= 0.3 is 0 Å². The van der Waals surface area contributed by atoms with Crippen molar-refractivity contribution >= 4 is 23.2 Å². The number of carbonyl (C=O) groups is 1. The first-order chi connectivity index (χ1) is 10.6. The zero-order chi connectivity index (χ0) is 16.1. The number of benzene rings is 1. The van der Waals surface area contributed by atoms with Crippen LogP contribution in [0.2, 0.25) is 0 Å². The van der Waals surface area contributed by atoms with E-state index in [2.05, 4.69) is 17.6 Å². The van der Waals surface area contributed by atoms with Crippen LogP contribution in [0.4, 0.5) is 0 Å². The lowest BCUT2D eigenvalue weighted by Gasteiger charge is -2.30. The van der Waals surface area contributed by atoms with Gasteiger partial charge in [0.25, 0.3) is 0 Å². The molecule has 0 spiro atoms. The molecule has 1 aromatic carbocycles. The maximum atomic E-state index is 12.5. The second-order valence-electron chi connectivity index (χ2n) is 5.13. The average Bonchev–Trinajstić information content (AvgIpc) is 2.54. The first-order valence-electron chi connectivity index (χ1n) is 7.53. The fraction of sp³-hybridized carbons (Fsp3) is 0.353. The van der Waals surface area contributed by atoms with E-state index in [1.54, 1.807) is 18.0 Å². The topological polar surface area (TPSA) is 58.4 Å². The maximum Gasteiger partial charge on any atom is 0.167 e. The Balaban J connectivity index is 2.48. The van der Waals surface area contributed by atoms with E-state index in [0.717, 1.165) is 24.2 Å². The average molecular weight is 317 g/mol. The lowest BCUT2D eigenvalue weighted by molar-refractivity contribution is -0.115. The lowest BCUT2D eigenvalue weighted by atomic mass is 9.97. The molecule has 1 aromatic rings. The highest BCUT2D eigenvalue weighted by atomic mass is 32.2. The smallest absolute Gasteiger partial charge is 0.167 e. The SMILES string of the molecule is CCCC(=O)C1=C(c2ccc(SC)cc2)NN(CC)C=C1N. The number of nitrogens with zero attached hydrogens (tertiary/aromatic N) is 1. The van der Waals surface area contributed by atoms with Gasteiger partial charge in [-0.05, 0) is 31.7 Å². The number of Topliss-reactive ketones (excluding diaryl/α,β-unsaturated/α-hetero) is 1. The van der Waals surface area contributed by atoms with E-state index in [9.17, 15) is 4.79 Å². The Morgan fingerprint density at radius 3 is 2.50 bits per heavy atom. The predicted octanol–water partition coefficient (Wildman–Crippen LogP) is 3.13. The van der Waals surface area contributed by atoms with Crippen molar-refractivity contribution in [1.82, 2.24) is 10.4 Å². The molecule has 1 aliphatic rings. The molecule has 0 radical (unpaired) electrons. The molecular formula is C17H23N3OS. The van der Waals surface area contributed by atoms with E-state index >= 15 is 0 Å². The second kappa shape index (κ2) is 7.40. The number of hydrogen-bond acceptors (Lipinski definition) is 5. The number of nitrogens with one attached hydrogen (secondary N) is 1. The summed E-state index contributed by atoms with van der Waals surface area (Å²) in [4.78, 5) is 13.7. The number of nitrogens with two attached hydrogens (primary N) is 1. The van der Waals surface area contributed by atoms with Crippen molar-refractivity contribution < 1.29 is 4.79 Å². The van der Waals surface area contributed by atoms with Crippen LogP contribution in [0.25, 0.3) is 5.70 Å². The third-order valence-corrected chi connectivity index (χ3v) is 4.31. The highest BCUT2D eigenvalue weighted by molar-refractivity contribution is 7.98. The zero-order valence-electron chi connectivity index (χ0n) is 13.3. The summed E-state index contributed by atoms with van der Waals surface area (Å²) >= 11 is 1.70. The van der Waals surface area contributed by atoms with Crippen LogP contribution in [0.5, 0.6) is 0 Å². The number of allylic oxidation sites excluding steroid dienone is 1. The van der Waals surface area contributed by atoms with Crippen molar-refractivity contribution in [3.63, 3.8) is 0 Å². The van der Waals surface area contributed by atoms with Crippen LogP contribution < -0.4 is 11.2 Å². The van der Waals surface area contributed by atoms with E-state index in [4.69, 9.17) is 5.73 Å². The highest BCUT2D eigenvalue weighted by Crippen LogP contribution is 2.27. The van der Waals surface area contributed by atoms with Crippen molar-refractivity contribution in [2.75, 3.05) is 12.8 Å². The molecule has 0 unspecified atom stereocenters. The van der Waals surface area contributed by atoms with Crippen LogP contribution in [-0.2, 0) is 4.79 Å².